The maximum absolute atomic E-state index is 10.8. The molecule has 18 heavy (non-hydrogen) atoms. The molecule has 2 rings (SSSR count). The Morgan fingerprint density at radius 2 is 2.00 bits per heavy atom. The van der Waals surface area contributed by atoms with Crippen LogP contribution in [0.2, 0.25) is 0 Å². The van der Waals surface area contributed by atoms with Crippen LogP contribution in [0.4, 0.5) is 10.5 Å². The number of rotatable bonds is 2. The van der Waals surface area contributed by atoms with Crippen LogP contribution in [0.15, 0.2) is 41.0 Å². The Hall–Kier alpha value is -1.88. The first kappa shape index (κ1) is 12.6. The number of carboxylic acid groups (broad SMARTS) is 1. The molecule has 2 aromatic rings. The molecule has 1 aromatic heterocycles. The van der Waals surface area contributed by atoms with Gasteiger partial charge < -0.3 is 5.11 Å². The molecule has 5 heteroatoms. The highest BCUT2D eigenvalue weighted by molar-refractivity contribution is 9.10. The molecule has 0 radical (unpaired) electrons. The molecule has 0 saturated carbocycles. The van der Waals surface area contributed by atoms with Crippen molar-refractivity contribution in [1.82, 2.24) is 4.98 Å². The number of hydrogen-bond acceptors (Lipinski definition) is 2. The molecular weight excluding hydrogens is 296 g/mol. The Morgan fingerprint density at radius 3 is 2.61 bits per heavy atom. The minimum Gasteiger partial charge on any atom is -0.465 e. The summed E-state index contributed by atoms with van der Waals surface area (Å²) in [5.74, 6) is 0. The smallest absolute Gasteiger partial charge is 0.409 e. The van der Waals surface area contributed by atoms with Crippen LogP contribution >= 0.6 is 15.9 Å². The third-order valence-corrected chi connectivity index (χ3v) is 3.24. The maximum atomic E-state index is 10.8. The number of nitrogens with zero attached hydrogens (tertiary/aromatic N) is 1. The molecule has 0 saturated heterocycles. The van der Waals surface area contributed by atoms with Crippen LogP contribution in [0.25, 0.3) is 11.3 Å². The van der Waals surface area contributed by atoms with E-state index < -0.39 is 6.09 Å². The summed E-state index contributed by atoms with van der Waals surface area (Å²) in [5, 5.41) is 11.2. The Kier molecular flexibility index (Phi) is 3.62. The highest BCUT2D eigenvalue weighted by Gasteiger charge is 2.11. The minimum atomic E-state index is -1.10. The Bertz CT molecular complexity index is 585. The number of pyridine rings is 1. The molecule has 0 aliphatic heterocycles. The highest BCUT2D eigenvalue weighted by atomic mass is 79.9. The molecule has 1 amide bonds. The third-order valence-electron chi connectivity index (χ3n) is 2.44. The molecule has 1 aromatic carbocycles. The van der Waals surface area contributed by atoms with E-state index in [1.54, 1.807) is 6.07 Å². The first-order chi connectivity index (χ1) is 8.58. The number of aromatic nitrogens is 1. The van der Waals surface area contributed by atoms with Gasteiger partial charge in [0.1, 0.15) is 4.60 Å². The number of amides is 1. The lowest BCUT2D eigenvalue weighted by atomic mass is 10.1. The summed E-state index contributed by atoms with van der Waals surface area (Å²) in [6.45, 7) is 1.86. The monoisotopic (exact) mass is 306 g/mol. The Morgan fingerprint density at radius 1 is 1.33 bits per heavy atom. The molecule has 0 unspecified atom stereocenters. The Balaban J connectivity index is 2.57. The number of hydrogen-bond donors (Lipinski definition) is 2. The minimum absolute atomic E-state index is 0.481. The van der Waals surface area contributed by atoms with Crippen molar-refractivity contribution in [2.45, 2.75) is 6.92 Å². The van der Waals surface area contributed by atoms with Gasteiger partial charge in [0.25, 0.3) is 0 Å². The summed E-state index contributed by atoms with van der Waals surface area (Å²) in [5.41, 5.74) is 2.82. The van der Waals surface area contributed by atoms with Crippen molar-refractivity contribution in [3.63, 3.8) is 0 Å². The molecule has 0 aliphatic carbocycles. The molecular formula is C13H11BrN2O2. The van der Waals surface area contributed by atoms with Gasteiger partial charge >= 0.3 is 6.09 Å². The van der Waals surface area contributed by atoms with E-state index in [0.29, 0.717) is 16.0 Å². The van der Waals surface area contributed by atoms with Crippen LogP contribution in [-0.2, 0) is 0 Å². The Labute approximate surface area is 113 Å². The molecule has 0 spiro atoms. The zero-order valence-corrected chi connectivity index (χ0v) is 11.2. The van der Waals surface area contributed by atoms with E-state index in [-0.39, 0.29) is 0 Å². The largest absolute Gasteiger partial charge is 0.465 e. The summed E-state index contributed by atoms with van der Waals surface area (Å²) in [6.07, 6.45) is -1.10. The fraction of sp³-hybridized carbons (Fsp3) is 0.0769. The fourth-order valence-corrected chi connectivity index (χ4v) is 1.91. The van der Waals surface area contributed by atoms with Gasteiger partial charge in [-0.3, -0.25) is 5.32 Å². The number of halogens is 1. The van der Waals surface area contributed by atoms with Gasteiger partial charge in [0.05, 0.1) is 11.4 Å². The number of anilines is 1. The fourth-order valence-electron chi connectivity index (χ4n) is 1.62. The van der Waals surface area contributed by atoms with E-state index in [1.165, 1.54) is 0 Å². The zero-order chi connectivity index (χ0) is 13.1. The first-order valence-electron chi connectivity index (χ1n) is 5.30. The number of carbonyl (C=O) groups is 1. The molecule has 0 fully saturated rings. The van der Waals surface area contributed by atoms with Gasteiger partial charge in [-0.2, -0.15) is 0 Å². The van der Waals surface area contributed by atoms with Gasteiger partial charge in [-0.25, -0.2) is 9.78 Å². The second kappa shape index (κ2) is 5.18. The number of aryl methyl sites for hydroxylation is 1. The van der Waals surface area contributed by atoms with E-state index in [1.807, 2.05) is 37.3 Å². The predicted octanol–water partition coefficient (Wildman–Crippen LogP) is 3.91. The quantitative estimate of drug-likeness (QED) is 0.827. The standard InChI is InChI=1S/C13H11BrN2O2/c1-8-7-10(15-13(17)18)11(16-12(8)14)9-5-3-2-4-6-9/h2-7,15H,1H3,(H,17,18). The number of benzene rings is 1. The number of nitrogens with one attached hydrogen (secondary N) is 1. The average Bonchev–Trinajstić information content (AvgIpc) is 2.34. The lowest BCUT2D eigenvalue weighted by Gasteiger charge is -2.10. The topological polar surface area (TPSA) is 62.2 Å². The molecule has 2 N–H and O–H groups in total. The maximum Gasteiger partial charge on any atom is 0.409 e. The van der Waals surface area contributed by atoms with E-state index in [2.05, 4.69) is 26.2 Å². The van der Waals surface area contributed by atoms with Crippen molar-refractivity contribution >= 4 is 27.7 Å². The zero-order valence-electron chi connectivity index (χ0n) is 9.64. The van der Waals surface area contributed by atoms with Crippen molar-refractivity contribution in [1.29, 1.82) is 0 Å². The van der Waals surface area contributed by atoms with E-state index in [9.17, 15) is 4.79 Å². The van der Waals surface area contributed by atoms with Gasteiger partial charge in [-0.05, 0) is 34.5 Å². The van der Waals surface area contributed by atoms with Crippen molar-refractivity contribution in [2.75, 3.05) is 5.32 Å². The summed E-state index contributed by atoms with van der Waals surface area (Å²) < 4.78 is 0.706. The van der Waals surface area contributed by atoms with Crippen LogP contribution in [0.3, 0.4) is 0 Å². The van der Waals surface area contributed by atoms with Crippen molar-refractivity contribution in [3.8, 4) is 11.3 Å². The lowest BCUT2D eigenvalue weighted by molar-refractivity contribution is 0.210. The second-order valence-electron chi connectivity index (χ2n) is 3.79. The SMILES string of the molecule is Cc1cc(NC(=O)O)c(-c2ccccc2)nc1Br. The predicted molar refractivity (Wildman–Crippen MR) is 73.8 cm³/mol. The molecule has 0 atom stereocenters. The van der Waals surface area contributed by atoms with Gasteiger partial charge in [0.2, 0.25) is 0 Å². The summed E-state index contributed by atoms with van der Waals surface area (Å²) in [7, 11) is 0. The summed E-state index contributed by atoms with van der Waals surface area (Å²) in [4.78, 5) is 15.2. The van der Waals surface area contributed by atoms with Gasteiger partial charge in [-0.15, -0.1) is 0 Å². The average molecular weight is 307 g/mol. The van der Waals surface area contributed by atoms with Crippen LogP contribution < -0.4 is 5.32 Å². The van der Waals surface area contributed by atoms with Gasteiger partial charge in [0.15, 0.2) is 0 Å². The van der Waals surface area contributed by atoms with Crippen molar-refractivity contribution < 1.29 is 9.90 Å². The van der Waals surface area contributed by atoms with Gasteiger partial charge in [-0.1, -0.05) is 30.3 Å². The van der Waals surface area contributed by atoms with Crippen LogP contribution in [-0.4, -0.2) is 16.2 Å². The van der Waals surface area contributed by atoms with Crippen molar-refractivity contribution in [2.24, 2.45) is 0 Å². The van der Waals surface area contributed by atoms with E-state index >= 15 is 0 Å². The lowest BCUT2D eigenvalue weighted by Crippen LogP contribution is -2.09. The normalized spacial score (nSPS) is 10.1. The molecule has 92 valence electrons. The van der Waals surface area contributed by atoms with Crippen LogP contribution in [0.5, 0.6) is 0 Å². The van der Waals surface area contributed by atoms with E-state index in [4.69, 9.17) is 5.11 Å². The molecule has 0 bridgehead atoms. The first-order valence-corrected chi connectivity index (χ1v) is 6.09. The van der Waals surface area contributed by atoms with Crippen molar-refractivity contribution in [3.05, 3.63) is 46.6 Å². The second-order valence-corrected chi connectivity index (χ2v) is 4.54. The highest BCUT2D eigenvalue weighted by Crippen LogP contribution is 2.29. The summed E-state index contributed by atoms with van der Waals surface area (Å²) >= 11 is 3.36. The third kappa shape index (κ3) is 2.68. The van der Waals surface area contributed by atoms with Crippen LogP contribution in [0, 0.1) is 6.92 Å². The van der Waals surface area contributed by atoms with Crippen LogP contribution in [0.1, 0.15) is 5.56 Å². The van der Waals surface area contributed by atoms with E-state index in [0.717, 1.165) is 11.1 Å². The summed E-state index contributed by atoms with van der Waals surface area (Å²) in [6, 6.07) is 11.2. The molecule has 1 heterocycles. The molecule has 4 nitrogen and oxygen atoms in total. The van der Waals surface area contributed by atoms with Gasteiger partial charge in [0, 0.05) is 5.56 Å². The molecule has 0 aliphatic rings.